The minimum atomic E-state index is -0.580. The molecule has 0 saturated carbocycles. The third-order valence-corrected chi connectivity index (χ3v) is 3.86. The Morgan fingerprint density at radius 2 is 1.79 bits per heavy atom. The number of carbonyl (C=O) groups is 2. The van der Waals surface area contributed by atoms with Crippen molar-refractivity contribution in [2.45, 2.75) is 6.92 Å². The van der Waals surface area contributed by atoms with E-state index in [1.165, 1.54) is 18.5 Å². The van der Waals surface area contributed by atoms with E-state index in [1.807, 2.05) is 0 Å². The second-order valence-corrected chi connectivity index (χ2v) is 6.22. The molecule has 3 amide bonds. The van der Waals surface area contributed by atoms with Gasteiger partial charge < -0.3 is 16.4 Å². The third kappa shape index (κ3) is 5.40. The number of benzene rings is 2. The molecule has 0 radical (unpaired) electrons. The lowest BCUT2D eigenvalue weighted by atomic mass is 10.1. The molecule has 0 fully saturated rings. The number of rotatable bonds is 3. The van der Waals surface area contributed by atoms with Crippen LogP contribution in [0.5, 0.6) is 0 Å². The molecule has 0 aliphatic heterocycles. The van der Waals surface area contributed by atoms with Crippen LogP contribution in [0.3, 0.4) is 0 Å². The second kappa shape index (κ2) is 8.67. The van der Waals surface area contributed by atoms with E-state index in [4.69, 9.17) is 5.73 Å². The number of primary amides is 1. The quantitative estimate of drug-likeness (QED) is 0.597. The summed E-state index contributed by atoms with van der Waals surface area (Å²) in [6.45, 7) is 1.80. The van der Waals surface area contributed by atoms with Gasteiger partial charge in [0.2, 0.25) is 5.91 Å². The van der Waals surface area contributed by atoms with Crippen LogP contribution in [0.1, 0.15) is 27.0 Å². The number of halogens is 1. The summed E-state index contributed by atoms with van der Waals surface area (Å²) in [4.78, 5) is 27.3. The molecule has 1 heterocycles. The molecule has 2 aromatic carbocycles. The molecule has 144 valence electrons. The summed E-state index contributed by atoms with van der Waals surface area (Å²) < 4.78 is 13.8. The number of anilines is 2. The van der Waals surface area contributed by atoms with Gasteiger partial charge in [-0.3, -0.25) is 9.78 Å². The molecule has 0 saturated heterocycles. The lowest BCUT2D eigenvalue weighted by Crippen LogP contribution is -2.20. The van der Waals surface area contributed by atoms with Gasteiger partial charge in [0.15, 0.2) is 0 Å². The van der Waals surface area contributed by atoms with Crippen LogP contribution >= 0.6 is 0 Å². The molecule has 0 spiro atoms. The Kier molecular flexibility index (Phi) is 5.85. The van der Waals surface area contributed by atoms with Gasteiger partial charge in [0, 0.05) is 29.2 Å². The van der Waals surface area contributed by atoms with Crippen molar-refractivity contribution in [1.29, 1.82) is 0 Å². The van der Waals surface area contributed by atoms with Gasteiger partial charge in [-0.05, 0) is 48.9 Å². The Morgan fingerprint density at radius 1 is 1.00 bits per heavy atom. The van der Waals surface area contributed by atoms with Crippen LogP contribution in [0.15, 0.2) is 60.9 Å². The summed E-state index contributed by atoms with van der Waals surface area (Å²) in [6, 6.07) is 12.3. The number of aromatic nitrogens is 1. The van der Waals surface area contributed by atoms with E-state index >= 15 is 0 Å². The topological polar surface area (TPSA) is 97.1 Å². The van der Waals surface area contributed by atoms with E-state index in [9.17, 15) is 14.0 Å². The maximum absolute atomic E-state index is 13.8. The fourth-order valence-electron chi connectivity index (χ4n) is 2.48. The average molecular weight is 388 g/mol. The molecule has 0 aliphatic carbocycles. The minimum Gasteiger partial charge on any atom is -0.366 e. The Hall–Kier alpha value is -4.18. The number of nitrogens with one attached hydrogen (secondary N) is 2. The Balaban J connectivity index is 1.72. The zero-order chi connectivity index (χ0) is 20.8. The van der Waals surface area contributed by atoms with E-state index < -0.39 is 17.8 Å². The summed E-state index contributed by atoms with van der Waals surface area (Å²) in [7, 11) is 0. The van der Waals surface area contributed by atoms with E-state index in [-0.39, 0.29) is 11.3 Å². The van der Waals surface area contributed by atoms with Crippen LogP contribution in [0.25, 0.3) is 0 Å². The monoisotopic (exact) mass is 388 g/mol. The van der Waals surface area contributed by atoms with E-state index in [1.54, 1.807) is 49.4 Å². The third-order valence-electron chi connectivity index (χ3n) is 3.86. The normalized spacial score (nSPS) is 9.86. The molecular formula is C22H17FN4O2. The number of amides is 3. The zero-order valence-corrected chi connectivity index (χ0v) is 15.5. The first-order valence-electron chi connectivity index (χ1n) is 8.62. The molecule has 6 nitrogen and oxygen atoms in total. The van der Waals surface area contributed by atoms with Gasteiger partial charge in [-0.2, -0.15) is 0 Å². The van der Waals surface area contributed by atoms with Crippen molar-refractivity contribution in [1.82, 2.24) is 4.98 Å². The number of hydrogen-bond acceptors (Lipinski definition) is 3. The van der Waals surface area contributed by atoms with Crippen LogP contribution in [0.4, 0.5) is 20.6 Å². The van der Waals surface area contributed by atoms with Crippen LogP contribution in [-0.2, 0) is 0 Å². The lowest BCUT2D eigenvalue weighted by Gasteiger charge is -2.09. The fraction of sp³-hybridized carbons (Fsp3) is 0.0455. The highest BCUT2D eigenvalue weighted by molar-refractivity contribution is 6.00. The summed E-state index contributed by atoms with van der Waals surface area (Å²) >= 11 is 0. The Labute approximate surface area is 167 Å². The smallest absolute Gasteiger partial charge is 0.323 e. The van der Waals surface area contributed by atoms with Gasteiger partial charge in [-0.15, -0.1) is 0 Å². The molecular weight excluding hydrogens is 371 g/mol. The van der Waals surface area contributed by atoms with Crippen molar-refractivity contribution in [2.75, 3.05) is 10.6 Å². The summed E-state index contributed by atoms with van der Waals surface area (Å²) in [5.41, 5.74) is 8.09. The highest BCUT2D eigenvalue weighted by atomic mass is 19.1. The molecule has 29 heavy (non-hydrogen) atoms. The number of aryl methyl sites for hydroxylation is 1. The number of carbonyl (C=O) groups excluding carboxylic acids is 2. The van der Waals surface area contributed by atoms with Crippen LogP contribution < -0.4 is 16.4 Å². The van der Waals surface area contributed by atoms with Gasteiger partial charge in [0.05, 0.1) is 11.3 Å². The molecule has 0 bridgehead atoms. The summed E-state index contributed by atoms with van der Waals surface area (Å²) in [6.07, 6.45) is 2.89. The van der Waals surface area contributed by atoms with Gasteiger partial charge in [-0.25, -0.2) is 9.18 Å². The predicted molar refractivity (Wildman–Crippen MR) is 109 cm³/mol. The van der Waals surface area contributed by atoms with Gasteiger partial charge in [0.25, 0.3) is 0 Å². The average Bonchev–Trinajstić information content (AvgIpc) is 2.69. The molecule has 4 N–H and O–H groups in total. The van der Waals surface area contributed by atoms with Gasteiger partial charge >= 0.3 is 6.03 Å². The summed E-state index contributed by atoms with van der Waals surface area (Å²) in [5, 5.41) is 5.12. The molecule has 0 aliphatic rings. The number of urea groups is 1. The molecule has 0 atom stereocenters. The number of nitrogens with two attached hydrogens (primary N) is 1. The molecule has 7 heteroatoms. The highest BCUT2D eigenvalue weighted by Crippen LogP contribution is 2.17. The van der Waals surface area contributed by atoms with Crippen molar-refractivity contribution in [3.8, 4) is 11.8 Å². The Bertz CT molecular complexity index is 1150. The fourth-order valence-corrected chi connectivity index (χ4v) is 2.48. The number of pyridine rings is 1. The number of hydrogen-bond donors (Lipinski definition) is 3. The van der Waals surface area contributed by atoms with E-state index in [0.29, 0.717) is 16.8 Å². The minimum absolute atomic E-state index is 0.0975. The first-order valence-corrected chi connectivity index (χ1v) is 8.62. The van der Waals surface area contributed by atoms with E-state index in [0.717, 1.165) is 5.56 Å². The molecule has 1 aromatic heterocycles. The lowest BCUT2D eigenvalue weighted by molar-refractivity contribution is 0.1000. The number of nitrogens with zero attached hydrogens (tertiary/aromatic N) is 1. The summed E-state index contributed by atoms with van der Waals surface area (Å²) in [5.74, 6) is 4.73. The maximum atomic E-state index is 13.8. The van der Waals surface area contributed by atoms with Crippen LogP contribution in [-0.4, -0.2) is 16.9 Å². The first kappa shape index (κ1) is 19.6. The van der Waals surface area contributed by atoms with Crippen molar-refractivity contribution >= 4 is 23.3 Å². The largest absolute Gasteiger partial charge is 0.366 e. The van der Waals surface area contributed by atoms with Crippen molar-refractivity contribution in [2.24, 2.45) is 5.73 Å². The van der Waals surface area contributed by atoms with Crippen molar-refractivity contribution < 1.29 is 14.0 Å². The molecule has 3 rings (SSSR count). The SMILES string of the molecule is Cc1ccc(F)c(NC(=O)Nc2cccc(C#Cc3cncc(C(N)=O)c3)c2)c1. The maximum Gasteiger partial charge on any atom is 0.323 e. The first-order chi connectivity index (χ1) is 13.9. The van der Waals surface area contributed by atoms with Crippen molar-refractivity contribution in [3.05, 3.63) is 89.0 Å². The van der Waals surface area contributed by atoms with Crippen LogP contribution in [0, 0.1) is 24.6 Å². The Morgan fingerprint density at radius 3 is 2.59 bits per heavy atom. The zero-order valence-electron chi connectivity index (χ0n) is 15.5. The highest BCUT2D eigenvalue weighted by Gasteiger charge is 2.07. The second-order valence-electron chi connectivity index (χ2n) is 6.22. The van der Waals surface area contributed by atoms with Gasteiger partial charge in [-0.1, -0.05) is 24.0 Å². The predicted octanol–water partition coefficient (Wildman–Crippen LogP) is 3.67. The van der Waals surface area contributed by atoms with Gasteiger partial charge in [0.1, 0.15) is 5.82 Å². The molecule has 0 unspecified atom stereocenters. The van der Waals surface area contributed by atoms with Crippen LogP contribution in [0.2, 0.25) is 0 Å². The molecule has 3 aromatic rings. The standard InChI is InChI=1S/C22H17FN4O2/c1-14-5-8-19(23)20(9-14)27-22(29)26-18-4-2-3-15(11-18)6-7-16-10-17(21(24)28)13-25-12-16/h2-5,8-13H,1H3,(H2,24,28)(H2,26,27,29). The van der Waals surface area contributed by atoms with Crippen molar-refractivity contribution in [3.63, 3.8) is 0 Å². The van der Waals surface area contributed by atoms with E-state index in [2.05, 4.69) is 27.5 Å².